The van der Waals surface area contributed by atoms with Crippen LogP contribution in [-0.2, 0) is 11.3 Å². The van der Waals surface area contributed by atoms with Crippen molar-refractivity contribution in [1.29, 1.82) is 0 Å². The second-order valence-electron chi connectivity index (χ2n) is 4.72. The molecule has 0 aromatic heterocycles. The molecule has 1 fully saturated rings. The summed E-state index contributed by atoms with van der Waals surface area (Å²) in [4.78, 5) is 0. The molecule has 1 aromatic carbocycles. The molecule has 0 saturated carbocycles. The van der Waals surface area contributed by atoms with Crippen LogP contribution in [0.2, 0.25) is 5.02 Å². The maximum absolute atomic E-state index is 9.98. The predicted octanol–water partition coefficient (Wildman–Crippen LogP) is 2.71. The molecule has 1 saturated heterocycles. The van der Waals surface area contributed by atoms with Crippen molar-refractivity contribution >= 4 is 11.6 Å². The number of ether oxygens (including phenoxy) is 2. The van der Waals surface area contributed by atoms with Crippen LogP contribution in [0.1, 0.15) is 24.8 Å². The number of rotatable bonds is 6. The van der Waals surface area contributed by atoms with Crippen LogP contribution in [0.3, 0.4) is 0 Å². The third kappa shape index (κ3) is 4.00. The number of hydrogen-bond donors (Lipinski definition) is 2. The van der Waals surface area contributed by atoms with Gasteiger partial charge in [-0.2, -0.15) is 0 Å². The third-order valence-electron chi connectivity index (χ3n) is 3.32. The lowest BCUT2D eigenvalue weighted by molar-refractivity contribution is 0.104. The first-order chi connectivity index (χ1) is 9.20. The number of benzene rings is 1. The third-order valence-corrected chi connectivity index (χ3v) is 3.54. The van der Waals surface area contributed by atoms with Crippen molar-refractivity contribution in [2.45, 2.75) is 31.9 Å². The topological polar surface area (TPSA) is 50.7 Å². The van der Waals surface area contributed by atoms with Gasteiger partial charge in [-0.15, -0.1) is 0 Å². The Bertz CT molecular complexity index is 419. The van der Waals surface area contributed by atoms with Gasteiger partial charge in [-0.25, -0.2) is 0 Å². The highest BCUT2D eigenvalue weighted by atomic mass is 35.5. The van der Waals surface area contributed by atoms with Crippen LogP contribution in [0, 0.1) is 0 Å². The van der Waals surface area contributed by atoms with Crippen LogP contribution in [-0.4, -0.2) is 31.5 Å². The molecule has 5 heteroatoms. The first-order valence-electron chi connectivity index (χ1n) is 6.58. The van der Waals surface area contributed by atoms with E-state index in [4.69, 9.17) is 21.1 Å². The van der Waals surface area contributed by atoms with Crippen molar-refractivity contribution in [3.8, 4) is 11.5 Å². The number of phenols is 1. The van der Waals surface area contributed by atoms with E-state index < -0.39 is 0 Å². The zero-order chi connectivity index (χ0) is 13.7. The molecule has 1 aliphatic heterocycles. The average molecular weight is 286 g/mol. The van der Waals surface area contributed by atoms with E-state index in [0.717, 1.165) is 38.0 Å². The van der Waals surface area contributed by atoms with E-state index in [1.54, 1.807) is 12.1 Å². The van der Waals surface area contributed by atoms with Crippen LogP contribution >= 0.6 is 11.6 Å². The van der Waals surface area contributed by atoms with Crippen LogP contribution in [0.15, 0.2) is 12.1 Å². The van der Waals surface area contributed by atoms with Gasteiger partial charge in [0.1, 0.15) is 0 Å². The minimum Gasteiger partial charge on any atom is -0.504 e. The molecule has 4 nitrogen and oxygen atoms in total. The van der Waals surface area contributed by atoms with Gasteiger partial charge >= 0.3 is 0 Å². The summed E-state index contributed by atoms with van der Waals surface area (Å²) in [5.41, 5.74) is 0.747. The lowest BCUT2D eigenvalue weighted by Gasteiger charge is -2.12. The van der Waals surface area contributed by atoms with Crippen molar-refractivity contribution < 1.29 is 14.6 Å². The van der Waals surface area contributed by atoms with Crippen molar-refractivity contribution in [3.63, 3.8) is 0 Å². The molecule has 0 amide bonds. The first kappa shape index (κ1) is 14.4. The summed E-state index contributed by atoms with van der Waals surface area (Å²) in [6.07, 6.45) is 3.70. The average Bonchev–Trinajstić information content (AvgIpc) is 2.91. The van der Waals surface area contributed by atoms with E-state index in [-0.39, 0.29) is 5.75 Å². The molecule has 19 heavy (non-hydrogen) atoms. The molecule has 2 N–H and O–H groups in total. The number of aromatic hydroxyl groups is 1. The highest BCUT2D eigenvalue weighted by Crippen LogP contribution is 2.33. The summed E-state index contributed by atoms with van der Waals surface area (Å²) < 4.78 is 10.6. The number of phenolic OH excluding ortho intramolecular Hbond substituents is 1. The Morgan fingerprint density at radius 3 is 3.05 bits per heavy atom. The van der Waals surface area contributed by atoms with E-state index in [2.05, 4.69) is 5.32 Å². The summed E-state index contributed by atoms with van der Waals surface area (Å²) in [5.74, 6) is 0.556. The second kappa shape index (κ2) is 6.98. The van der Waals surface area contributed by atoms with Gasteiger partial charge in [-0.1, -0.05) is 11.6 Å². The molecule has 1 aromatic rings. The normalized spacial score (nSPS) is 18.7. The van der Waals surface area contributed by atoms with E-state index in [9.17, 15) is 5.11 Å². The molecule has 0 radical (unpaired) electrons. The molecule has 0 aliphatic carbocycles. The van der Waals surface area contributed by atoms with Crippen molar-refractivity contribution in [2.24, 2.45) is 0 Å². The zero-order valence-electron chi connectivity index (χ0n) is 11.1. The summed E-state index contributed by atoms with van der Waals surface area (Å²) >= 11 is 5.98. The molecular weight excluding hydrogens is 266 g/mol. The molecule has 0 bridgehead atoms. The highest BCUT2D eigenvalue weighted by molar-refractivity contribution is 6.30. The fourth-order valence-electron chi connectivity index (χ4n) is 2.28. The molecule has 1 atom stereocenters. The lowest BCUT2D eigenvalue weighted by Crippen LogP contribution is -2.20. The number of nitrogens with one attached hydrogen (secondary N) is 1. The fraction of sp³-hybridized carbons (Fsp3) is 0.571. The van der Waals surface area contributed by atoms with Crippen molar-refractivity contribution in [2.75, 3.05) is 20.3 Å². The zero-order valence-corrected chi connectivity index (χ0v) is 11.9. The Morgan fingerprint density at radius 2 is 2.37 bits per heavy atom. The van der Waals surface area contributed by atoms with Gasteiger partial charge in [0.2, 0.25) is 0 Å². The summed E-state index contributed by atoms with van der Waals surface area (Å²) in [5, 5.41) is 13.8. The SMILES string of the molecule is COc1cc(Cl)cc(CNCCC2CCCO2)c1O. The number of halogens is 1. The van der Waals surface area contributed by atoms with Gasteiger partial charge in [-0.05, 0) is 31.9 Å². The maximum atomic E-state index is 9.98. The largest absolute Gasteiger partial charge is 0.504 e. The van der Waals surface area contributed by atoms with Crippen LogP contribution in [0.25, 0.3) is 0 Å². The smallest absolute Gasteiger partial charge is 0.162 e. The highest BCUT2D eigenvalue weighted by Gasteiger charge is 2.15. The Balaban J connectivity index is 1.83. The minimum absolute atomic E-state index is 0.150. The molecule has 2 rings (SSSR count). The quantitative estimate of drug-likeness (QED) is 0.789. The lowest BCUT2D eigenvalue weighted by atomic mass is 10.1. The van der Waals surface area contributed by atoms with E-state index >= 15 is 0 Å². The Kier molecular flexibility index (Phi) is 5.31. The first-order valence-corrected chi connectivity index (χ1v) is 6.96. The van der Waals surface area contributed by atoms with Crippen molar-refractivity contribution in [3.05, 3.63) is 22.7 Å². The molecule has 0 spiro atoms. The predicted molar refractivity (Wildman–Crippen MR) is 75.0 cm³/mol. The molecule has 106 valence electrons. The summed E-state index contributed by atoms with van der Waals surface area (Å²) in [6.45, 7) is 2.31. The second-order valence-corrected chi connectivity index (χ2v) is 5.15. The molecule has 1 aliphatic rings. The van der Waals surface area contributed by atoms with E-state index in [1.165, 1.54) is 7.11 Å². The molecular formula is C14H20ClNO3. The van der Waals surface area contributed by atoms with Gasteiger partial charge in [0, 0.05) is 29.8 Å². The molecule has 1 heterocycles. The Labute approximate surface area is 118 Å². The van der Waals surface area contributed by atoms with Gasteiger partial charge in [0.05, 0.1) is 13.2 Å². The van der Waals surface area contributed by atoms with Crippen LogP contribution in [0.5, 0.6) is 11.5 Å². The number of hydrogen-bond acceptors (Lipinski definition) is 4. The van der Waals surface area contributed by atoms with Gasteiger partial charge < -0.3 is 19.9 Å². The van der Waals surface area contributed by atoms with Crippen molar-refractivity contribution in [1.82, 2.24) is 5.32 Å². The van der Waals surface area contributed by atoms with E-state index in [0.29, 0.717) is 23.4 Å². The molecule has 1 unspecified atom stereocenters. The van der Waals surface area contributed by atoms with Gasteiger partial charge in [0.15, 0.2) is 11.5 Å². The van der Waals surface area contributed by atoms with Crippen LogP contribution < -0.4 is 10.1 Å². The maximum Gasteiger partial charge on any atom is 0.162 e. The number of methoxy groups -OCH3 is 1. The Hall–Kier alpha value is -0.970. The standard InChI is InChI=1S/C14H20ClNO3/c1-18-13-8-11(15)7-10(14(13)17)9-16-5-4-12-3-2-6-19-12/h7-8,12,16-17H,2-6,9H2,1H3. The van der Waals surface area contributed by atoms with Gasteiger partial charge in [0.25, 0.3) is 0 Å². The van der Waals surface area contributed by atoms with E-state index in [1.807, 2.05) is 0 Å². The summed E-state index contributed by atoms with van der Waals surface area (Å²) in [7, 11) is 1.51. The summed E-state index contributed by atoms with van der Waals surface area (Å²) in [6, 6.07) is 3.35. The van der Waals surface area contributed by atoms with Crippen LogP contribution in [0.4, 0.5) is 0 Å². The van der Waals surface area contributed by atoms with Gasteiger partial charge in [-0.3, -0.25) is 0 Å². The monoisotopic (exact) mass is 285 g/mol. The minimum atomic E-state index is 0.150. The fourth-order valence-corrected chi connectivity index (χ4v) is 2.51. The Morgan fingerprint density at radius 1 is 1.53 bits per heavy atom.